The van der Waals surface area contributed by atoms with Crippen molar-refractivity contribution in [2.75, 3.05) is 6.61 Å². The van der Waals surface area contributed by atoms with Crippen molar-refractivity contribution >= 4 is 5.97 Å². The van der Waals surface area contributed by atoms with Gasteiger partial charge in [0.2, 0.25) is 0 Å². The van der Waals surface area contributed by atoms with Crippen molar-refractivity contribution in [1.82, 2.24) is 9.97 Å². The van der Waals surface area contributed by atoms with Gasteiger partial charge in [-0.25, -0.2) is 9.78 Å². The molecule has 1 atom stereocenters. The number of aromatic nitrogens is 2. The number of imidazole rings is 1. The summed E-state index contributed by atoms with van der Waals surface area (Å²) in [5, 5.41) is 8.88. The van der Waals surface area contributed by atoms with E-state index in [0.29, 0.717) is 39.9 Å². The fourth-order valence-electron chi connectivity index (χ4n) is 3.86. The van der Waals surface area contributed by atoms with E-state index in [1.54, 1.807) is 31.3 Å². The van der Waals surface area contributed by atoms with Crippen molar-refractivity contribution in [2.45, 2.75) is 39.3 Å². The number of halogens is 3. The number of carbonyl (C=O) groups is 1. The Balaban J connectivity index is 1.62. The first-order chi connectivity index (χ1) is 19.0. The maximum absolute atomic E-state index is 12.5. The number of alkyl halides is 3. The van der Waals surface area contributed by atoms with Gasteiger partial charge in [0.25, 0.3) is 0 Å². The van der Waals surface area contributed by atoms with Crippen molar-refractivity contribution in [3.8, 4) is 34.4 Å². The van der Waals surface area contributed by atoms with Crippen LogP contribution < -0.4 is 18.9 Å². The van der Waals surface area contributed by atoms with Crippen LogP contribution in [-0.4, -0.2) is 40.1 Å². The molecule has 4 aromatic rings. The van der Waals surface area contributed by atoms with Crippen LogP contribution in [0.25, 0.3) is 11.4 Å². The molecular formula is C29H27F3N2O6. The van der Waals surface area contributed by atoms with Gasteiger partial charge in [-0.1, -0.05) is 12.1 Å². The number of ether oxygens (including phenoxy) is 4. The lowest BCUT2D eigenvalue weighted by atomic mass is 10.1. The van der Waals surface area contributed by atoms with Crippen LogP contribution in [0.5, 0.6) is 23.0 Å². The highest BCUT2D eigenvalue weighted by Gasteiger charge is 2.31. The number of benzene rings is 3. The number of aliphatic carboxylic acids is 1. The van der Waals surface area contributed by atoms with Crippen LogP contribution in [0.2, 0.25) is 0 Å². The van der Waals surface area contributed by atoms with Gasteiger partial charge < -0.3 is 29.0 Å². The number of aromatic amines is 1. The zero-order chi connectivity index (χ0) is 28.9. The Morgan fingerprint density at radius 2 is 1.60 bits per heavy atom. The SMILES string of the molecule is Cc1cc(OC(c2ccc(OC(C)C)cc2)c2c[nH]c(-c3ccc(OC(F)(F)F)cc3)n2)ccc1OCC(=O)O. The summed E-state index contributed by atoms with van der Waals surface area (Å²) in [4.78, 5) is 18.6. The maximum atomic E-state index is 12.5. The third-order valence-electron chi connectivity index (χ3n) is 5.53. The van der Waals surface area contributed by atoms with Crippen LogP contribution in [0, 0.1) is 6.92 Å². The van der Waals surface area contributed by atoms with Gasteiger partial charge in [0, 0.05) is 11.8 Å². The molecule has 2 N–H and O–H groups in total. The van der Waals surface area contributed by atoms with E-state index < -0.39 is 25.0 Å². The Morgan fingerprint density at radius 3 is 2.20 bits per heavy atom. The van der Waals surface area contributed by atoms with Gasteiger partial charge in [-0.15, -0.1) is 13.2 Å². The predicted molar refractivity (Wildman–Crippen MR) is 140 cm³/mol. The Bertz CT molecular complexity index is 1430. The molecule has 0 spiro atoms. The van der Waals surface area contributed by atoms with Crippen LogP contribution in [0.15, 0.2) is 72.9 Å². The lowest BCUT2D eigenvalue weighted by molar-refractivity contribution is -0.274. The summed E-state index contributed by atoms with van der Waals surface area (Å²) in [5.41, 5.74) is 2.52. The van der Waals surface area contributed by atoms with Crippen LogP contribution in [0.3, 0.4) is 0 Å². The average molecular weight is 557 g/mol. The van der Waals surface area contributed by atoms with Gasteiger partial charge in [-0.05, 0) is 86.5 Å². The molecule has 0 amide bonds. The normalized spacial score (nSPS) is 12.2. The van der Waals surface area contributed by atoms with Crippen LogP contribution in [-0.2, 0) is 4.79 Å². The molecule has 1 unspecified atom stereocenters. The van der Waals surface area contributed by atoms with Crippen molar-refractivity contribution in [1.29, 1.82) is 0 Å². The van der Waals surface area contributed by atoms with Crippen molar-refractivity contribution in [3.05, 3.63) is 89.7 Å². The highest BCUT2D eigenvalue weighted by molar-refractivity contribution is 5.68. The maximum Gasteiger partial charge on any atom is 0.573 e. The standard InChI is InChI=1S/C29H27F3N2O6/c1-17(2)38-21-8-4-19(5-9-21)27(39-23-12-13-25(18(3)14-23)37-16-26(35)36)24-15-33-28(34-24)20-6-10-22(11-7-20)40-29(30,31)32/h4-15,17,27H,16H2,1-3H3,(H,33,34)(H,35,36). The van der Waals surface area contributed by atoms with Gasteiger partial charge >= 0.3 is 12.3 Å². The summed E-state index contributed by atoms with van der Waals surface area (Å²) < 4.78 is 58.9. The van der Waals surface area contributed by atoms with E-state index in [1.807, 2.05) is 38.1 Å². The van der Waals surface area contributed by atoms with Crippen molar-refractivity contribution < 1.29 is 42.0 Å². The van der Waals surface area contributed by atoms with Crippen LogP contribution in [0.1, 0.15) is 36.8 Å². The second-order valence-electron chi connectivity index (χ2n) is 9.09. The molecule has 0 saturated heterocycles. The molecule has 1 aromatic heterocycles. The number of rotatable bonds is 11. The molecule has 11 heteroatoms. The minimum atomic E-state index is -4.78. The van der Waals surface area contributed by atoms with E-state index in [4.69, 9.17) is 19.3 Å². The number of H-pyrrole nitrogens is 1. The molecule has 1 heterocycles. The highest BCUT2D eigenvalue weighted by atomic mass is 19.4. The summed E-state index contributed by atoms with van der Waals surface area (Å²) >= 11 is 0. The minimum Gasteiger partial charge on any atom is -0.491 e. The van der Waals surface area contributed by atoms with Gasteiger partial charge in [-0.2, -0.15) is 0 Å². The molecule has 0 aliphatic carbocycles. The van der Waals surface area contributed by atoms with E-state index in [2.05, 4.69) is 14.7 Å². The summed E-state index contributed by atoms with van der Waals surface area (Å²) in [5.74, 6) is 0.612. The van der Waals surface area contributed by atoms with Crippen LogP contribution >= 0.6 is 0 Å². The third kappa shape index (κ3) is 7.68. The Hall–Kier alpha value is -4.67. The zero-order valence-electron chi connectivity index (χ0n) is 21.9. The molecule has 3 aromatic carbocycles. The van der Waals surface area contributed by atoms with E-state index in [9.17, 15) is 18.0 Å². The molecule has 0 aliphatic rings. The molecule has 4 rings (SSSR count). The molecule has 210 valence electrons. The molecule has 0 bridgehead atoms. The Kier molecular flexibility index (Phi) is 8.52. The average Bonchev–Trinajstić information content (AvgIpc) is 3.36. The molecule has 0 aliphatic heterocycles. The largest absolute Gasteiger partial charge is 0.573 e. The van der Waals surface area contributed by atoms with Gasteiger partial charge in [0.1, 0.15) is 34.5 Å². The lowest BCUT2D eigenvalue weighted by Gasteiger charge is -2.19. The van der Waals surface area contributed by atoms with Gasteiger partial charge in [0.15, 0.2) is 12.7 Å². The second kappa shape index (κ2) is 12.0. The molecule has 0 saturated carbocycles. The van der Waals surface area contributed by atoms with Gasteiger partial charge in [-0.3, -0.25) is 0 Å². The number of hydrogen-bond donors (Lipinski definition) is 2. The van der Waals surface area contributed by atoms with Crippen LogP contribution in [0.4, 0.5) is 13.2 Å². The Morgan fingerprint density at radius 1 is 0.950 bits per heavy atom. The first kappa shape index (κ1) is 28.3. The molecule has 0 radical (unpaired) electrons. The van der Waals surface area contributed by atoms with E-state index >= 15 is 0 Å². The molecule has 8 nitrogen and oxygen atoms in total. The number of carboxylic acid groups (broad SMARTS) is 1. The number of nitrogens with zero attached hydrogens (tertiary/aromatic N) is 1. The monoisotopic (exact) mass is 556 g/mol. The first-order valence-electron chi connectivity index (χ1n) is 12.3. The number of nitrogens with one attached hydrogen (secondary N) is 1. The topological polar surface area (TPSA) is 103 Å². The number of carboxylic acids is 1. The fraction of sp³-hybridized carbons (Fsp3) is 0.241. The highest BCUT2D eigenvalue weighted by Crippen LogP contribution is 2.33. The smallest absolute Gasteiger partial charge is 0.491 e. The van der Waals surface area contributed by atoms with Gasteiger partial charge in [0.05, 0.1) is 6.10 Å². The lowest BCUT2D eigenvalue weighted by Crippen LogP contribution is -2.16. The van der Waals surface area contributed by atoms with E-state index in [1.165, 1.54) is 24.3 Å². The summed E-state index contributed by atoms with van der Waals surface area (Å²) in [6, 6.07) is 17.8. The number of aryl methyl sites for hydroxylation is 1. The van der Waals surface area contributed by atoms with E-state index in [0.717, 1.165) is 5.56 Å². The second-order valence-corrected chi connectivity index (χ2v) is 9.09. The minimum absolute atomic E-state index is 0.00421. The van der Waals surface area contributed by atoms with E-state index in [-0.39, 0.29) is 11.9 Å². The molecular weight excluding hydrogens is 529 g/mol. The summed E-state index contributed by atoms with van der Waals surface area (Å²) in [6.07, 6.45) is -3.78. The zero-order valence-corrected chi connectivity index (χ0v) is 21.9. The van der Waals surface area contributed by atoms with Crippen molar-refractivity contribution in [2.24, 2.45) is 0 Å². The summed E-state index contributed by atoms with van der Waals surface area (Å²) in [7, 11) is 0. The quantitative estimate of drug-likeness (QED) is 0.212. The molecule has 40 heavy (non-hydrogen) atoms. The van der Waals surface area contributed by atoms with Crippen molar-refractivity contribution in [3.63, 3.8) is 0 Å². The Labute approximate surface area is 228 Å². The summed E-state index contributed by atoms with van der Waals surface area (Å²) in [6.45, 7) is 5.17. The molecule has 0 fully saturated rings. The first-order valence-corrected chi connectivity index (χ1v) is 12.3. The fourth-order valence-corrected chi connectivity index (χ4v) is 3.86. The predicted octanol–water partition coefficient (Wildman–Crippen LogP) is 6.70. The number of hydrogen-bond acceptors (Lipinski definition) is 6. The third-order valence-corrected chi connectivity index (χ3v) is 5.53.